The minimum atomic E-state index is -0.262. The number of thiocarbonyl (C=S) groups is 1. The number of methoxy groups -OCH3 is 1. The van der Waals surface area contributed by atoms with Gasteiger partial charge in [-0.25, -0.2) is 4.98 Å². The number of fused-ring (bicyclic) bond motifs is 1. The Morgan fingerprint density at radius 2 is 1.96 bits per heavy atom. The number of nitrogens with one attached hydrogen (secondary N) is 2. The van der Waals surface area contributed by atoms with Crippen LogP contribution < -0.4 is 15.4 Å². The highest BCUT2D eigenvalue weighted by atomic mass is 32.1. The second-order valence-corrected chi connectivity index (χ2v) is 6.04. The van der Waals surface area contributed by atoms with Gasteiger partial charge in [-0.15, -0.1) is 0 Å². The summed E-state index contributed by atoms with van der Waals surface area (Å²) in [7, 11) is 1.60. The van der Waals surface area contributed by atoms with E-state index in [1.165, 1.54) is 11.3 Å². The number of carbonyl (C=O) groups excluding carboxylic acids is 1. The number of nitrogens with zero attached hydrogens (tertiary/aromatic N) is 1. The Hall–Kier alpha value is -2.51. The molecule has 0 aliphatic carbocycles. The van der Waals surface area contributed by atoms with Crippen molar-refractivity contribution < 1.29 is 9.53 Å². The first kappa shape index (κ1) is 15.4. The van der Waals surface area contributed by atoms with Crippen LogP contribution in [-0.2, 0) is 0 Å². The van der Waals surface area contributed by atoms with Crippen molar-refractivity contribution in [2.24, 2.45) is 0 Å². The maximum absolute atomic E-state index is 12.0. The Morgan fingerprint density at radius 3 is 2.70 bits per heavy atom. The molecule has 0 saturated carbocycles. The number of hydrogen-bond donors (Lipinski definition) is 2. The minimum Gasteiger partial charge on any atom is -0.494 e. The summed E-state index contributed by atoms with van der Waals surface area (Å²) in [6, 6.07) is 14.6. The van der Waals surface area contributed by atoms with Crippen LogP contribution >= 0.6 is 23.6 Å². The Labute approximate surface area is 142 Å². The summed E-state index contributed by atoms with van der Waals surface area (Å²) < 4.78 is 6.26. The molecule has 0 fully saturated rings. The lowest BCUT2D eigenvalue weighted by Gasteiger charge is -2.06. The fourth-order valence-corrected chi connectivity index (χ4v) is 3.18. The molecule has 0 aliphatic heterocycles. The second-order valence-electron chi connectivity index (χ2n) is 4.60. The fraction of sp³-hybridized carbons (Fsp3) is 0.0625. The number of rotatable bonds is 3. The number of amides is 1. The third-order valence-corrected chi connectivity index (χ3v) is 4.23. The summed E-state index contributed by atoms with van der Waals surface area (Å²) >= 11 is 6.61. The van der Waals surface area contributed by atoms with Crippen molar-refractivity contribution in [2.75, 3.05) is 12.4 Å². The molecule has 3 aromatic rings. The van der Waals surface area contributed by atoms with Crippen molar-refractivity contribution in [1.29, 1.82) is 0 Å². The number of carbonyl (C=O) groups is 1. The first-order valence-electron chi connectivity index (χ1n) is 6.78. The summed E-state index contributed by atoms with van der Waals surface area (Å²) in [6.07, 6.45) is 0. The average Bonchev–Trinajstić information content (AvgIpc) is 2.97. The average molecular weight is 343 g/mol. The maximum atomic E-state index is 12.0. The van der Waals surface area contributed by atoms with Gasteiger partial charge in [0.1, 0.15) is 11.3 Å². The third-order valence-electron chi connectivity index (χ3n) is 3.09. The van der Waals surface area contributed by atoms with Crippen LogP contribution in [0.1, 0.15) is 10.4 Å². The Morgan fingerprint density at radius 1 is 1.17 bits per heavy atom. The van der Waals surface area contributed by atoms with Crippen molar-refractivity contribution in [3.05, 3.63) is 54.1 Å². The van der Waals surface area contributed by atoms with E-state index in [1.54, 1.807) is 31.4 Å². The second kappa shape index (κ2) is 6.72. The topological polar surface area (TPSA) is 63.2 Å². The van der Waals surface area contributed by atoms with Gasteiger partial charge in [-0.05, 0) is 36.5 Å². The molecular formula is C16H13N3O2S2. The molecule has 1 heterocycles. The van der Waals surface area contributed by atoms with Gasteiger partial charge in [0.15, 0.2) is 10.2 Å². The standard InChI is InChI=1S/C16H13N3O2S2/c1-21-11-8-5-9-12-13(11)17-16(23-12)19-15(22)18-14(20)10-6-3-2-4-7-10/h2-9H,1H3,(H2,17,18,19,20,22). The Kier molecular flexibility index (Phi) is 4.50. The van der Waals surface area contributed by atoms with E-state index in [-0.39, 0.29) is 11.0 Å². The molecule has 23 heavy (non-hydrogen) atoms. The van der Waals surface area contributed by atoms with Crippen LogP contribution in [0.15, 0.2) is 48.5 Å². The summed E-state index contributed by atoms with van der Waals surface area (Å²) in [5.41, 5.74) is 1.31. The quantitative estimate of drug-likeness (QED) is 0.714. The van der Waals surface area contributed by atoms with Gasteiger partial charge in [-0.1, -0.05) is 35.6 Å². The molecule has 2 N–H and O–H groups in total. The molecule has 0 bridgehead atoms. The highest BCUT2D eigenvalue weighted by molar-refractivity contribution is 7.80. The summed E-state index contributed by atoms with van der Waals surface area (Å²) in [5, 5.41) is 6.37. The predicted octanol–water partition coefficient (Wildman–Crippen LogP) is 3.43. The van der Waals surface area contributed by atoms with Gasteiger partial charge in [-0.3, -0.25) is 10.1 Å². The van der Waals surface area contributed by atoms with Crippen molar-refractivity contribution >= 4 is 49.9 Å². The molecule has 3 rings (SSSR count). The van der Waals surface area contributed by atoms with E-state index in [1.807, 2.05) is 24.3 Å². The van der Waals surface area contributed by atoms with Crippen LogP contribution in [0, 0.1) is 0 Å². The maximum Gasteiger partial charge on any atom is 0.257 e. The SMILES string of the molecule is COc1cccc2sc(NC(=S)NC(=O)c3ccccc3)nc12. The highest BCUT2D eigenvalue weighted by Crippen LogP contribution is 2.31. The molecular weight excluding hydrogens is 330 g/mol. The summed E-state index contributed by atoms with van der Waals surface area (Å²) in [5.74, 6) is 0.438. The number of thiazole rings is 1. The predicted molar refractivity (Wildman–Crippen MR) is 96.3 cm³/mol. The van der Waals surface area contributed by atoms with E-state index in [0.717, 1.165) is 10.2 Å². The Balaban J connectivity index is 1.72. The van der Waals surface area contributed by atoms with Crippen LogP contribution in [0.25, 0.3) is 10.2 Å². The van der Waals surface area contributed by atoms with Gasteiger partial charge in [0.2, 0.25) is 0 Å². The monoisotopic (exact) mass is 343 g/mol. The van der Waals surface area contributed by atoms with Crippen molar-refractivity contribution in [1.82, 2.24) is 10.3 Å². The van der Waals surface area contributed by atoms with Gasteiger partial charge >= 0.3 is 0 Å². The van der Waals surface area contributed by atoms with E-state index >= 15 is 0 Å². The lowest BCUT2D eigenvalue weighted by Crippen LogP contribution is -2.34. The molecule has 0 atom stereocenters. The van der Waals surface area contributed by atoms with E-state index < -0.39 is 0 Å². The molecule has 0 radical (unpaired) electrons. The van der Waals surface area contributed by atoms with Crippen molar-refractivity contribution in [3.8, 4) is 5.75 Å². The van der Waals surface area contributed by atoms with Gasteiger partial charge in [0.05, 0.1) is 11.8 Å². The van der Waals surface area contributed by atoms with E-state index in [2.05, 4.69) is 15.6 Å². The molecule has 0 saturated heterocycles. The largest absolute Gasteiger partial charge is 0.494 e. The number of benzene rings is 2. The zero-order valence-corrected chi connectivity index (χ0v) is 13.8. The van der Waals surface area contributed by atoms with Crippen LogP contribution in [0.4, 0.5) is 5.13 Å². The van der Waals surface area contributed by atoms with Crippen LogP contribution in [0.3, 0.4) is 0 Å². The highest BCUT2D eigenvalue weighted by Gasteiger charge is 2.11. The van der Waals surface area contributed by atoms with Gasteiger partial charge < -0.3 is 10.1 Å². The minimum absolute atomic E-state index is 0.205. The van der Waals surface area contributed by atoms with Gasteiger partial charge in [0, 0.05) is 5.56 Å². The molecule has 5 nitrogen and oxygen atoms in total. The lowest BCUT2D eigenvalue weighted by molar-refractivity contribution is 0.0977. The molecule has 0 aliphatic rings. The number of ether oxygens (including phenoxy) is 1. The Bertz CT molecular complexity index is 862. The van der Waals surface area contributed by atoms with E-state index in [4.69, 9.17) is 17.0 Å². The van der Waals surface area contributed by atoms with Crippen LogP contribution in [0.5, 0.6) is 5.75 Å². The molecule has 1 amide bonds. The number of para-hydroxylation sites is 1. The summed E-state index contributed by atoms with van der Waals surface area (Å²) in [4.78, 5) is 16.5. The first-order chi connectivity index (χ1) is 11.2. The smallest absolute Gasteiger partial charge is 0.257 e. The number of aromatic nitrogens is 1. The number of anilines is 1. The molecule has 0 unspecified atom stereocenters. The van der Waals surface area contributed by atoms with Crippen LogP contribution in [0.2, 0.25) is 0 Å². The third kappa shape index (κ3) is 3.46. The van der Waals surface area contributed by atoms with Crippen molar-refractivity contribution in [3.63, 3.8) is 0 Å². The van der Waals surface area contributed by atoms with Gasteiger partial charge in [0.25, 0.3) is 5.91 Å². The van der Waals surface area contributed by atoms with Gasteiger partial charge in [-0.2, -0.15) is 0 Å². The first-order valence-corrected chi connectivity index (χ1v) is 8.01. The van der Waals surface area contributed by atoms with Crippen molar-refractivity contribution in [2.45, 2.75) is 0 Å². The normalized spacial score (nSPS) is 10.3. The molecule has 1 aromatic heterocycles. The zero-order valence-electron chi connectivity index (χ0n) is 12.2. The van der Waals surface area contributed by atoms with E-state index in [0.29, 0.717) is 16.4 Å². The molecule has 0 spiro atoms. The molecule has 7 heteroatoms. The molecule has 116 valence electrons. The zero-order chi connectivity index (χ0) is 16.2. The van der Waals surface area contributed by atoms with Crippen LogP contribution in [-0.4, -0.2) is 23.1 Å². The van der Waals surface area contributed by atoms with E-state index in [9.17, 15) is 4.79 Å². The number of hydrogen-bond acceptors (Lipinski definition) is 5. The summed E-state index contributed by atoms with van der Waals surface area (Å²) in [6.45, 7) is 0. The fourth-order valence-electron chi connectivity index (χ4n) is 2.03. The molecule has 2 aromatic carbocycles. The lowest BCUT2D eigenvalue weighted by atomic mass is 10.2.